The molecule has 1 fully saturated rings. The van der Waals surface area contributed by atoms with Crippen LogP contribution in [0.4, 0.5) is 0 Å². The molecule has 0 spiro atoms. The first-order valence-electron chi connectivity index (χ1n) is 10.7. The van der Waals surface area contributed by atoms with E-state index < -0.39 is 0 Å². The Balaban J connectivity index is 1.51. The summed E-state index contributed by atoms with van der Waals surface area (Å²) in [6, 6.07) is 13.6. The third-order valence-corrected chi connectivity index (χ3v) is 6.32. The Morgan fingerprint density at radius 3 is 1.86 bits per heavy atom. The first kappa shape index (κ1) is 18.9. The van der Waals surface area contributed by atoms with Crippen LogP contribution < -0.4 is 0 Å². The van der Waals surface area contributed by atoms with Crippen LogP contribution in [-0.2, 0) is 0 Å². The molecule has 1 saturated carbocycles. The average molecular weight is 375 g/mol. The van der Waals surface area contributed by atoms with Crippen LogP contribution in [0.25, 0.3) is 11.1 Å². The lowest BCUT2D eigenvalue weighted by atomic mass is 9.83. The zero-order valence-corrected chi connectivity index (χ0v) is 16.5. The van der Waals surface area contributed by atoms with E-state index >= 15 is 0 Å². The summed E-state index contributed by atoms with van der Waals surface area (Å²) in [5.74, 6) is 1.26. The van der Waals surface area contributed by atoms with Crippen molar-refractivity contribution in [1.82, 2.24) is 0 Å². The number of aromatic hydroxyl groups is 2. The Kier molecular flexibility index (Phi) is 5.85. The van der Waals surface area contributed by atoms with E-state index in [2.05, 4.69) is 24.3 Å². The van der Waals surface area contributed by atoms with Crippen molar-refractivity contribution in [3.63, 3.8) is 0 Å². The van der Waals surface area contributed by atoms with Gasteiger partial charge in [-0.05, 0) is 83.7 Å². The Bertz CT molecular complexity index is 866. The molecular weight excluding hydrogens is 344 g/mol. The Morgan fingerprint density at radius 2 is 1.21 bits per heavy atom. The summed E-state index contributed by atoms with van der Waals surface area (Å²) < 4.78 is 0. The lowest BCUT2D eigenvalue weighted by Gasteiger charge is -2.22. The second kappa shape index (κ2) is 8.68. The van der Waals surface area contributed by atoms with Gasteiger partial charge in [-0.15, -0.1) is 0 Å². The second-order valence-corrected chi connectivity index (χ2v) is 8.23. The molecule has 2 aliphatic rings. The number of benzene rings is 2. The van der Waals surface area contributed by atoms with Gasteiger partial charge in [0.1, 0.15) is 11.5 Å². The first-order valence-corrected chi connectivity index (χ1v) is 10.7. The summed E-state index contributed by atoms with van der Waals surface area (Å²) in [7, 11) is 0. The lowest BCUT2D eigenvalue weighted by Crippen LogP contribution is -2.04. The van der Waals surface area contributed by atoms with E-state index in [1.807, 2.05) is 18.2 Å². The van der Waals surface area contributed by atoms with E-state index in [1.165, 1.54) is 67.2 Å². The fourth-order valence-corrected chi connectivity index (χ4v) is 4.63. The number of phenolic OH excluding ortho intramolecular Hbond substituents is 2. The summed E-state index contributed by atoms with van der Waals surface area (Å²) in [4.78, 5) is 0. The van der Waals surface area contributed by atoms with Crippen molar-refractivity contribution < 1.29 is 10.2 Å². The third kappa shape index (κ3) is 4.32. The van der Waals surface area contributed by atoms with E-state index in [0.29, 0.717) is 17.4 Å². The van der Waals surface area contributed by atoms with E-state index in [-0.39, 0.29) is 0 Å². The summed E-state index contributed by atoms with van der Waals surface area (Å²) in [6.45, 7) is 0. The van der Waals surface area contributed by atoms with Gasteiger partial charge in [-0.25, -0.2) is 0 Å². The summed E-state index contributed by atoms with van der Waals surface area (Å²) in [5.41, 5.74) is 6.22. The maximum atomic E-state index is 10.5. The standard InChI is InChI=1S/C26H30O2/c27-24-15-12-20(13-16-24)19-8-10-21(11-9-19)23-14-17-26(28)25(18-23)22-6-4-2-1-3-5-7-22/h8,11-18,22,27-28H,1-7,9-10H2. The highest BCUT2D eigenvalue weighted by molar-refractivity contribution is 5.78. The van der Waals surface area contributed by atoms with Crippen LogP contribution in [0.5, 0.6) is 11.5 Å². The highest BCUT2D eigenvalue weighted by Gasteiger charge is 2.18. The molecule has 0 heterocycles. The van der Waals surface area contributed by atoms with E-state index in [9.17, 15) is 10.2 Å². The van der Waals surface area contributed by atoms with Gasteiger partial charge in [-0.2, -0.15) is 0 Å². The molecule has 0 saturated heterocycles. The van der Waals surface area contributed by atoms with Gasteiger partial charge in [0.05, 0.1) is 0 Å². The number of phenols is 2. The summed E-state index contributed by atoms with van der Waals surface area (Å²) in [6.07, 6.45) is 15.4. The van der Waals surface area contributed by atoms with Crippen LogP contribution in [0, 0.1) is 0 Å². The molecule has 2 N–H and O–H groups in total. The molecule has 2 aromatic rings. The Hall–Kier alpha value is -2.48. The molecular formula is C26H30O2. The predicted octanol–water partition coefficient (Wildman–Crippen LogP) is 7.19. The molecule has 2 heteroatoms. The monoisotopic (exact) mass is 374 g/mol. The summed E-state index contributed by atoms with van der Waals surface area (Å²) in [5, 5.41) is 20.0. The van der Waals surface area contributed by atoms with Crippen molar-refractivity contribution in [3.05, 3.63) is 71.3 Å². The predicted molar refractivity (Wildman–Crippen MR) is 116 cm³/mol. The molecule has 0 amide bonds. The molecule has 0 aromatic heterocycles. The SMILES string of the molecule is Oc1ccc(C2=CCC(c3ccc(O)c(C4CCCCCCC4)c3)=CC2)cc1. The second-order valence-electron chi connectivity index (χ2n) is 8.23. The molecule has 146 valence electrons. The molecule has 4 rings (SSSR count). The van der Waals surface area contributed by atoms with Crippen LogP contribution >= 0.6 is 0 Å². The van der Waals surface area contributed by atoms with Crippen molar-refractivity contribution in [2.75, 3.05) is 0 Å². The lowest BCUT2D eigenvalue weighted by molar-refractivity contribution is 0.424. The number of rotatable bonds is 3. The minimum atomic E-state index is 0.308. The first-order chi connectivity index (χ1) is 13.7. The van der Waals surface area contributed by atoms with Crippen molar-refractivity contribution >= 4 is 11.1 Å². The number of allylic oxidation sites excluding steroid dienone is 4. The normalized spacial score (nSPS) is 18.7. The average Bonchev–Trinajstić information content (AvgIpc) is 2.69. The molecule has 0 radical (unpaired) electrons. The highest BCUT2D eigenvalue weighted by Crippen LogP contribution is 2.39. The molecule has 0 unspecified atom stereocenters. The van der Waals surface area contributed by atoms with Gasteiger partial charge in [0.15, 0.2) is 0 Å². The summed E-state index contributed by atoms with van der Waals surface area (Å²) >= 11 is 0. The minimum Gasteiger partial charge on any atom is -0.508 e. The smallest absolute Gasteiger partial charge is 0.119 e. The fraction of sp³-hybridized carbons (Fsp3) is 0.385. The van der Waals surface area contributed by atoms with Gasteiger partial charge in [-0.1, -0.05) is 62.5 Å². The van der Waals surface area contributed by atoms with Crippen LogP contribution in [-0.4, -0.2) is 10.2 Å². The Labute approximate surface area is 168 Å². The van der Waals surface area contributed by atoms with Gasteiger partial charge in [0.25, 0.3) is 0 Å². The molecule has 28 heavy (non-hydrogen) atoms. The molecule has 0 bridgehead atoms. The molecule has 0 aliphatic heterocycles. The van der Waals surface area contributed by atoms with Gasteiger partial charge < -0.3 is 10.2 Å². The van der Waals surface area contributed by atoms with Crippen LogP contribution in [0.3, 0.4) is 0 Å². The third-order valence-electron chi connectivity index (χ3n) is 6.32. The minimum absolute atomic E-state index is 0.308. The van der Waals surface area contributed by atoms with E-state index in [1.54, 1.807) is 12.1 Å². The molecule has 2 aliphatic carbocycles. The number of hydrogen-bond acceptors (Lipinski definition) is 2. The number of hydrogen-bond donors (Lipinski definition) is 2. The van der Waals surface area contributed by atoms with Crippen molar-refractivity contribution in [2.45, 2.75) is 63.7 Å². The topological polar surface area (TPSA) is 40.5 Å². The molecule has 0 atom stereocenters. The Morgan fingerprint density at radius 1 is 0.643 bits per heavy atom. The quantitative estimate of drug-likeness (QED) is 0.597. The molecule has 2 nitrogen and oxygen atoms in total. The molecule has 2 aromatic carbocycles. The van der Waals surface area contributed by atoms with Gasteiger partial charge in [-0.3, -0.25) is 0 Å². The highest BCUT2D eigenvalue weighted by atomic mass is 16.3. The van der Waals surface area contributed by atoms with Crippen molar-refractivity contribution in [3.8, 4) is 11.5 Å². The van der Waals surface area contributed by atoms with Crippen LogP contribution in [0.2, 0.25) is 0 Å². The van der Waals surface area contributed by atoms with Gasteiger partial charge >= 0.3 is 0 Å². The zero-order valence-electron chi connectivity index (χ0n) is 16.5. The van der Waals surface area contributed by atoms with Crippen LogP contribution in [0.1, 0.15) is 80.4 Å². The fourth-order valence-electron chi connectivity index (χ4n) is 4.63. The maximum absolute atomic E-state index is 10.5. The largest absolute Gasteiger partial charge is 0.508 e. The van der Waals surface area contributed by atoms with Gasteiger partial charge in [0.2, 0.25) is 0 Å². The van der Waals surface area contributed by atoms with Gasteiger partial charge in [0, 0.05) is 0 Å². The van der Waals surface area contributed by atoms with Crippen molar-refractivity contribution in [1.29, 1.82) is 0 Å². The van der Waals surface area contributed by atoms with Crippen LogP contribution in [0.15, 0.2) is 54.6 Å². The zero-order chi connectivity index (χ0) is 19.3. The van der Waals surface area contributed by atoms with Crippen molar-refractivity contribution in [2.24, 2.45) is 0 Å². The van der Waals surface area contributed by atoms with E-state index in [4.69, 9.17) is 0 Å². The van der Waals surface area contributed by atoms with E-state index in [0.717, 1.165) is 18.4 Å². The maximum Gasteiger partial charge on any atom is 0.119 e.